The van der Waals surface area contributed by atoms with Crippen molar-refractivity contribution in [2.45, 2.75) is 46.1 Å². The molecule has 2 aromatic heterocycles. The molecule has 1 amide bonds. The van der Waals surface area contributed by atoms with Crippen LogP contribution in [0.25, 0.3) is 10.2 Å². The van der Waals surface area contributed by atoms with E-state index in [2.05, 4.69) is 25.2 Å². The van der Waals surface area contributed by atoms with Crippen LogP contribution in [0.1, 0.15) is 51.8 Å². The molecule has 2 heterocycles. The number of hydrogen-bond acceptors (Lipinski definition) is 4. The quantitative estimate of drug-likeness (QED) is 0.694. The van der Waals surface area contributed by atoms with Gasteiger partial charge in [0.05, 0.1) is 5.69 Å². The van der Waals surface area contributed by atoms with Crippen molar-refractivity contribution in [3.05, 3.63) is 57.6 Å². The van der Waals surface area contributed by atoms with Gasteiger partial charge in [0.25, 0.3) is 5.91 Å². The third kappa shape index (κ3) is 3.56. The molecule has 1 atom stereocenters. The second-order valence-corrected chi connectivity index (χ2v) is 8.48. The molecule has 0 radical (unpaired) electrons. The molecule has 3 aromatic rings. The Morgan fingerprint density at radius 2 is 2.11 bits per heavy atom. The van der Waals surface area contributed by atoms with E-state index in [0.29, 0.717) is 17.1 Å². The minimum absolute atomic E-state index is 0.125. The zero-order valence-corrected chi connectivity index (χ0v) is 16.7. The molecule has 0 aliphatic heterocycles. The van der Waals surface area contributed by atoms with Crippen LogP contribution in [0.2, 0.25) is 0 Å². The Morgan fingerprint density at radius 1 is 1.33 bits per heavy atom. The Hall–Kier alpha value is -2.40. The number of carbonyl (C=O) groups is 1. The van der Waals surface area contributed by atoms with Crippen molar-refractivity contribution in [3.63, 3.8) is 0 Å². The van der Waals surface area contributed by atoms with Crippen molar-refractivity contribution in [1.82, 2.24) is 10.3 Å². The number of thiophene rings is 1. The summed E-state index contributed by atoms with van der Waals surface area (Å²) in [6, 6.07) is 10.3. The summed E-state index contributed by atoms with van der Waals surface area (Å²) < 4.78 is 0. The zero-order valence-electron chi connectivity index (χ0n) is 15.8. The summed E-state index contributed by atoms with van der Waals surface area (Å²) in [4.78, 5) is 19.0. The molecule has 1 aliphatic carbocycles. The number of carbonyl (C=O) groups excluding carboxylic acids is 1. The zero-order chi connectivity index (χ0) is 19.0. The molecule has 1 aliphatic rings. The summed E-state index contributed by atoms with van der Waals surface area (Å²) in [5.41, 5.74) is 11.7. The number of fused-ring (bicyclic) bond motifs is 2. The number of anilines is 1. The molecule has 0 saturated heterocycles. The highest BCUT2D eigenvalue weighted by molar-refractivity contribution is 7.21. The maximum absolute atomic E-state index is 12.7. The lowest BCUT2D eigenvalue weighted by atomic mass is 9.85. The van der Waals surface area contributed by atoms with E-state index in [1.54, 1.807) is 0 Å². The van der Waals surface area contributed by atoms with E-state index in [1.807, 2.05) is 24.3 Å². The van der Waals surface area contributed by atoms with Gasteiger partial charge in [-0.25, -0.2) is 4.98 Å². The molecular formula is C22H25N3OS. The van der Waals surface area contributed by atoms with Gasteiger partial charge in [-0.1, -0.05) is 43.2 Å². The topological polar surface area (TPSA) is 68.0 Å². The van der Waals surface area contributed by atoms with Crippen LogP contribution in [-0.2, 0) is 19.4 Å². The third-order valence-electron chi connectivity index (χ3n) is 5.54. The summed E-state index contributed by atoms with van der Waals surface area (Å²) in [5.74, 6) is 0.606. The summed E-state index contributed by atoms with van der Waals surface area (Å²) in [5, 5.41) is 3.91. The highest BCUT2D eigenvalue weighted by atomic mass is 32.1. The van der Waals surface area contributed by atoms with Gasteiger partial charge in [-0.3, -0.25) is 4.79 Å². The summed E-state index contributed by atoms with van der Waals surface area (Å²) >= 11 is 1.40. The number of rotatable bonds is 4. The monoisotopic (exact) mass is 379 g/mol. The SMILES string of the molecule is CC[C@H]1CCc2nc3sc(C(=O)NCc4ccc(C)cc4)c(N)c3cc2C1. The first-order chi connectivity index (χ1) is 13.0. The van der Waals surface area contributed by atoms with Crippen LogP contribution in [0.3, 0.4) is 0 Å². The summed E-state index contributed by atoms with van der Waals surface area (Å²) in [6.45, 7) is 4.79. The number of benzene rings is 1. The summed E-state index contributed by atoms with van der Waals surface area (Å²) in [7, 11) is 0. The van der Waals surface area contributed by atoms with Gasteiger partial charge in [-0.15, -0.1) is 11.3 Å². The molecule has 4 nitrogen and oxygen atoms in total. The number of hydrogen-bond donors (Lipinski definition) is 2. The van der Waals surface area contributed by atoms with Gasteiger partial charge in [0, 0.05) is 17.6 Å². The molecule has 0 bridgehead atoms. The first-order valence-corrected chi connectivity index (χ1v) is 10.4. The van der Waals surface area contributed by atoms with Crippen LogP contribution in [0, 0.1) is 12.8 Å². The van der Waals surface area contributed by atoms with Crippen LogP contribution in [-0.4, -0.2) is 10.9 Å². The molecule has 0 saturated carbocycles. The van der Waals surface area contributed by atoms with Crippen LogP contribution in [0.15, 0.2) is 30.3 Å². The van der Waals surface area contributed by atoms with Gasteiger partial charge in [-0.2, -0.15) is 0 Å². The van der Waals surface area contributed by atoms with E-state index in [4.69, 9.17) is 10.7 Å². The van der Waals surface area contributed by atoms with Crippen molar-refractivity contribution in [3.8, 4) is 0 Å². The minimum Gasteiger partial charge on any atom is -0.397 e. The maximum atomic E-state index is 12.7. The van der Waals surface area contributed by atoms with Gasteiger partial charge in [0.1, 0.15) is 9.71 Å². The predicted octanol–water partition coefficient (Wildman–Crippen LogP) is 4.63. The van der Waals surface area contributed by atoms with Gasteiger partial charge in [0.15, 0.2) is 0 Å². The first kappa shape index (κ1) is 18.0. The standard InChI is InChI=1S/C22H25N3OS/c1-3-14-8-9-18-16(10-14)11-17-19(23)20(27-22(17)25-18)21(26)24-12-15-6-4-13(2)5-7-15/h4-7,11,14H,3,8-10,12,23H2,1-2H3,(H,24,26)/t14-/m0/s1. The lowest BCUT2D eigenvalue weighted by Crippen LogP contribution is -2.22. The van der Waals surface area contributed by atoms with Gasteiger partial charge >= 0.3 is 0 Å². The molecular weight excluding hydrogens is 354 g/mol. The average molecular weight is 380 g/mol. The van der Waals surface area contributed by atoms with Crippen LogP contribution in [0.5, 0.6) is 0 Å². The predicted molar refractivity (Wildman–Crippen MR) is 112 cm³/mol. The number of aromatic nitrogens is 1. The molecule has 0 fully saturated rings. The van der Waals surface area contributed by atoms with Crippen molar-refractivity contribution >= 4 is 33.1 Å². The molecule has 0 unspecified atom stereocenters. The smallest absolute Gasteiger partial charge is 0.263 e. The molecule has 5 heteroatoms. The Bertz CT molecular complexity index is 991. The van der Waals surface area contributed by atoms with Crippen molar-refractivity contribution in [2.24, 2.45) is 5.92 Å². The number of amides is 1. The molecule has 3 N–H and O–H groups in total. The lowest BCUT2D eigenvalue weighted by Gasteiger charge is -2.22. The van der Waals surface area contributed by atoms with Crippen molar-refractivity contribution < 1.29 is 4.79 Å². The largest absolute Gasteiger partial charge is 0.397 e. The fourth-order valence-electron chi connectivity index (χ4n) is 3.75. The van der Waals surface area contributed by atoms with Gasteiger partial charge in [0.2, 0.25) is 0 Å². The minimum atomic E-state index is -0.125. The second kappa shape index (κ2) is 7.31. The van der Waals surface area contributed by atoms with E-state index in [-0.39, 0.29) is 5.91 Å². The van der Waals surface area contributed by atoms with Crippen molar-refractivity contribution in [2.75, 3.05) is 5.73 Å². The fraction of sp³-hybridized carbons (Fsp3) is 0.364. The molecule has 1 aromatic carbocycles. The lowest BCUT2D eigenvalue weighted by molar-refractivity contribution is 0.0956. The Balaban J connectivity index is 1.57. The average Bonchev–Trinajstić information content (AvgIpc) is 3.01. The molecule has 140 valence electrons. The number of nitrogens with zero attached hydrogens (tertiary/aromatic N) is 1. The Kier molecular flexibility index (Phi) is 4.87. The van der Waals surface area contributed by atoms with Gasteiger partial charge < -0.3 is 11.1 Å². The van der Waals surface area contributed by atoms with Crippen molar-refractivity contribution in [1.29, 1.82) is 0 Å². The third-order valence-corrected chi connectivity index (χ3v) is 6.66. The number of aryl methyl sites for hydroxylation is 2. The number of nitrogens with one attached hydrogen (secondary N) is 1. The van der Waals surface area contributed by atoms with E-state index in [9.17, 15) is 4.79 Å². The van der Waals surface area contributed by atoms with E-state index in [1.165, 1.54) is 41.0 Å². The Morgan fingerprint density at radius 3 is 2.85 bits per heavy atom. The molecule has 4 rings (SSSR count). The number of pyridine rings is 1. The maximum Gasteiger partial charge on any atom is 0.263 e. The first-order valence-electron chi connectivity index (χ1n) is 9.59. The van der Waals surface area contributed by atoms with E-state index in [0.717, 1.165) is 34.5 Å². The van der Waals surface area contributed by atoms with E-state index >= 15 is 0 Å². The number of nitrogens with two attached hydrogens (primary N) is 1. The van der Waals surface area contributed by atoms with Crippen LogP contribution in [0.4, 0.5) is 5.69 Å². The van der Waals surface area contributed by atoms with Crippen LogP contribution >= 0.6 is 11.3 Å². The highest BCUT2D eigenvalue weighted by Gasteiger charge is 2.23. The molecule has 27 heavy (non-hydrogen) atoms. The fourth-order valence-corrected chi connectivity index (χ4v) is 4.76. The van der Waals surface area contributed by atoms with Crippen LogP contribution < -0.4 is 11.1 Å². The summed E-state index contributed by atoms with van der Waals surface area (Å²) in [6.07, 6.45) is 4.49. The Labute approximate surface area is 163 Å². The molecule has 0 spiro atoms. The van der Waals surface area contributed by atoms with Gasteiger partial charge in [-0.05, 0) is 49.3 Å². The normalized spacial score (nSPS) is 16.3. The van der Waals surface area contributed by atoms with E-state index < -0.39 is 0 Å². The second-order valence-electron chi connectivity index (χ2n) is 7.48. The number of nitrogen functional groups attached to an aromatic ring is 1. The highest BCUT2D eigenvalue weighted by Crippen LogP contribution is 2.36.